The summed E-state index contributed by atoms with van der Waals surface area (Å²) in [4.78, 5) is 4.25. The topological polar surface area (TPSA) is 48.1 Å². The summed E-state index contributed by atoms with van der Waals surface area (Å²) in [7, 11) is 0. The molecule has 1 heterocycles. The van der Waals surface area contributed by atoms with Crippen LogP contribution in [0.2, 0.25) is 10.0 Å². The molecule has 0 aliphatic heterocycles. The highest BCUT2D eigenvalue weighted by Crippen LogP contribution is 2.33. The van der Waals surface area contributed by atoms with Crippen molar-refractivity contribution in [2.75, 3.05) is 6.54 Å². The first-order valence-corrected chi connectivity index (χ1v) is 7.56. The molecule has 2 aromatic rings. The number of ether oxygens (including phenoxy) is 1. The van der Waals surface area contributed by atoms with E-state index in [0.717, 1.165) is 15.7 Å². The molecule has 6 heteroatoms. The number of nitrogens with two attached hydrogens (primary N) is 1. The summed E-state index contributed by atoms with van der Waals surface area (Å²) in [5.74, 6) is 0.617. The number of rotatable bonds is 5. The van der Waals surface area contributed by atoms with Gasteiger partial charge in [-0.3, -0.25) is 4.98 Å². The smallest absolute Gasteiger partial charge is 0.141 e. The van der Waals surface area contributed by atoms with E-state index in [1.54, 1.807) is 12.3 Å². The Kier molecular flexibility index (Phi) is 5.66. The summed E-state index contributed by atoms with van der Waals surface area (Å²) in [5, 5.41) is 1.06. The molecule has 0 saturated carbocycles. The first-order valence-electron chi connectivity index (χ1n) is 6.01. The number of halogens is 3. The third kappa shape index (κ3) is 4.09. The molecule has 3 nitrogen and oxygen atoms in total. The van der Waals surface area contributed by atoms with Crippen LogP contribution in [0.3, 0.4) is 0 Å². The highest BCUT2D eigenvalue weighted by Gasteiger charge is 2.11. The average molecular weight is 376 g/mol. The zero-order valence-corrected chi connectivity index (χ0v) is 13.7. The van der Waals surface area contributed by atoms with E-state index in [4.69, 9.17) is 33.7 Å². The highest BCUT2D eigenvalue weighted by atomic mass is 79.9. The van der Waals surface area contributed by atoms with Crippen molar-refractivity contribution >= 4 is 39.1 Å². The molecule has 0 spiro atoms. The number of hydrogen-bond donors (Lipinski definition) is 1. The SMILES string of the molecule is NCCc1cc(Cl)cc(Cl)c1OCc1ccc(Br)cn1. The number of hydrogen-bond acceptors (Lipinski definition) is 3. The molecule has 0 atom stereocenters. The van der Waals surface area contributed by atoms with Gasteiger partial charge in [0.2, 0.25) is 0 Å². The second-order valence-corrected chi connectivity index (χ2v) is 5.93. The first kappa shape index (κ1) is 15.6. The van der Waals surface area contributed by atoms with Gasteiger partial charge in [0.15, 0.2) is 0 Å². The molecule has 2 N–H and O–H groups in total. The van der Waals surface area contributed by atoms with Crippen LogP contribution in [0.15, 0.2) is 34.9 Å². The van der Waals surface area contributed by atoms with Gasteiger partial charge in [-0.05, 0) is 58.7 Å². The molecule has 0 unspecified atom stereocenters. The normalized spacial score (nSPS) is 10.6. The van der Waals surface area contributed by atoms with Crippen molar-refractivity contribution in [3.63, 3.8) is 0 Å². The summed E-state index contributed by atoms with van der Waals surface area (Å²) >= 11 is 15.5. The monoisotopic (exact) mass is 374 g/mol. The third-order valence-corrected chi connectivity index (χ3v) is 3.62. The number of nitrogens with zero attached hydrogens (tertiary/aromatic N) is 1. The Hall–Kier alpha value is -0.810. The van der Waals surface area contributed by atoms with Crippen molar-refractivity contribution in [1.29, 1.82) is 0 Å². The minimum atomic E-state index is 0.339. The van der Waals surface area contributed by atoms with E-state index in [2.05, 4.69) is 20.9 Å². The molecule has 106 valence electrons. The van der Waals surface area contributed by atoms with Crippen LogP contribution in [-0.2, 0) is 13.0 Å². The molecular weight excluding hydrogens is 363 g/mol. The lowest BCUT2D eigenvalue weighted by atomic mass is 10.1. The molecule has 1 aromatic carbocycles. The van der Waals surface area contributed by atoms with E-state index >= 15 is 0 Å². The van der Waals surface area contributed by atoms with Gasteiger partial charge in [0, 0.05) is 15.7 Å². The molecule has 0 aliphatic rings. The second kappa shape index (κ2) is 7.27. The van der Waals surface area contributed by atoms with Crippen molar-refractivity contribution in [3.8, 4) is 5.75 Å². The maximum atomic E-state index is 6.18. The first-order chi connectivity index (χ1) is 9.60. The maximum Gasteiger partial charge on any atom is 0.141 e. The lowest BCUT2D eigenvalue weighted by molar-refractivity contribution is 0.298. The Morgan fingerprint density at radius 1 is 1.25 bits per heavy atom. The fourth-order valence-corrected chi connectivity index (χ4v) is 2.58. The van der Waals surface area contributed by atoms with Crippen LogP contribution in [0, 0.1) is 0 Å². The van der Waals surface area contributed by atoms with E-state index in [1.165, 1.54) is 0 Å². The zero-order valence-electron chi connectivity index (χ0n) is 10.6. The summed E-state index contributed by atoms with van der Waals surface area (Å²) < 4.78 is 6.70. The van der Waals surface area contributed by atoms with Crippen molar-refractivity contribution in [1.82, 2.24) is 4.98 Å². The lowest BCUT2D eigenvalue weighted by Crippen LogP contribution is -2.06. The molecule has 2 rings (SSSR count). The fourth-order valence-electron chi connectivity index (χ4n) is 1.75. The second-order valence-electron chi connectivity index (χ2n) is 4.17. The van der Waals surface area contributed by atoms with Crippen LogP contribution in [0.1, 0.15) is 11.3 Å². The van der Waals surface area contributed by atoms with E-state index < -0.39 is 0 Å². The standard InChI is InChI=1S/C14H13BrCl2N2O/c15-10-1-2-12(19-7-10)8-20-14-9(3-4-18)5-11(16)6-13(14)17/h1-2,5-7H,3-4,8,18H2. The van der Waals surface area contributed by atoms with Crippen LogP contribution >= 0.6 is 39.1 Å². The van der Waals surface area contributed by atoms with E-state index in [-0.39, 0.29) is 0 Å². The van der Waals surface area contributed by atoms with Gasteiger partial charge in [-0.25, -0.2) is 0 Å². The van der Waals surface area contributed by atoms with Gasteiger partial charge in [-0.2, -0.15) is 0 Å². The number of pyridine rings is 1. The van der Waals surface area contributed by atoms with Gasteiger partial charge in [0.25, 0.3) is 0 Å². The van der Waals surface area contributed by atoms with Gasteiger partial charge in [-0.15, -0.1) is 0 Å². The van der Waals surface area contributed by atoms with Crippen LogP contribution < -0.4 is 10.5 Å². The molecule has 0 radical (unpaired) electrons. The van der Waals surface area contributed by atoms with Crippen LogP contribution in [0.25, 0.3) is 0 Å². The maximum absolute atomic E-state index is 6.18. The molecule has 20 heavy (non-hydrogen) atoms. The van der Waals surface area contributed by atoms with Crippen molar-refractivity contribution in [2.45, 2.75) is 13.0 Å². The third-order valence-electron chi connectivity index (χ3n) is 2.65. The quantitative estimate of drug-likeness (QED) is 0.850. The predicted octanol–water partition coefficient (Wildman–Crippen LogP) is 4.23. The summed E-state index contributed by atoms with van der Waals surface area (Å²) in [6.45, 7) is 0.843. The van der Waals surface area contributed by atoms with E-state index in [9.17, 15) is 0 Å². The molecule has 0 bridgehead atoms. The summed E-state index contributed by atoms with van der Waals surface area (Å²) in [5.41, 5.74) is 7.32. The van der Waals surface area contributed by atoms with Gasteiger partial charge in [-0.1, -0.05) is 23.2 Å². The Morgan fingerprint density at radius 3 is 2.70 bits per heavy atom. The van der Waals surface area contributed by atoms with Crippen LogP contribution in [0.4, 0.5) is 0 Å². The lowest BCUT2D eigenvalue weighted by Gasteiger charge is -2.13. The van der Waals surface area contributed by atoms with E-state index in [0.29, 0.717) is 35.4 Å². The molecule has 0 saturated heterocycles. The minimum Gasteiger partial charge on any atom is -0.485 e. The van der Waals surface area contributed by atoms with Gasteiger partial charge in [0.1, 0.15) is 12.4 Å². The van der Waals surface area contributed by atoms with Crippen molar-refractivity contribution in [2.24, 2.45) is 5.73 Å². The Labute approximate surface area is 136 Å². The predicted molar refractivity (Wildman–Crippen MR) is 85.5 cm³/mol. The van der Waals surface area contributed by atoms with Gasteiger partial charge >= 0.3 is 0 Å². The molecule has 0 fully saturated rings. The molecule has 0 aliphatic carbocycles. The molecular formula is C14H13BrCl2N2O. The van der Waals surface area contributed by atoms with Gasteiger partial charge in [0.05, 0.1) is 10.7 Å². The molecule has 1 aromatic heterocycles. The summed E-state index contributed by atoms with van der Waals surface area (Å²) in [6, 6.07) is 7.28. The van der Waals surface area contributed by atoms with Gasteiger partial charge < -0.3 is 10.5 Å². The van der Waals surface area contributed by atoms with Crippen molar-refractivity contribution < 1.29 is 4.74 Å². The number of aromatic nitrogens is 1. The fraction of sp³-hybridized carbons (Fsp3) is 0.214. The van der Waals surface area contributed by atoms with Crippen molar-refractivity contribution in [3.05, 3.63) is 56.2 Å². The highest BCUT2D eigenvalue weighted by molar-refractivity contribution is 9.10. The molecule has 0 amide bonds. The zero-order chi connectivity index (χ0) is 14.5. The Bertz CT molecular complexity index is 590. The average Bonchev–Trinajstić information content (AvgIpc) is 2.40. The summed E-state index contributed by atoms with van der Waals surface area (Å²) in [6.07, 6.45) is 2.38. The van der Waals surface area contributed by atoms with Crippen LogP contribution in [-0.4, -0.2) is 11.5 Å². The Balaban J connectivity index is 2.17. The van der Waals surface area contributed by atoms with Crippen LogP contribution in [0.5, 0.6) is 5.75 Å². The number of benzene rings is 1. The largest absolute Gasteiger partial charge is 0.485 e. The Morgan fingerprint density at radius 2 is 2.05 bits per heavy atom. The van der Waals surface area contributed by atoms with E-state index in [1.807, 2.05) is 18.2 Å². The minimum absolute atomic E-state index is 0.339.